The Hall–Kier alpha value is -3.88. The number of ether oxygens (including phenoxy) is 1. The van der Waals surface area contributed by atoms with Crippen LogP contribution in [0.1, 0.15) is 28.2 Å². The summed E-state index contributed by atoms with van der Waals surface area (Å²) in [6.07, 6.45) is 4.28. The summed E-state index contributed by atoms with van der Waals surface area (Å²) in [5.74, 6) is 1.12. The summed E-state index contributed by atoms with van der Waals surface area (Å²) in [4.78, 5) is 0. The molecule has 0 aromatic heterocycles. The van der Waals surface area contributed by atoms with Gasteiger partial charge in [-0.2, -0.15) is 0 Å². The van der Waals surface area contributed by atoms with Crippen LogP contribution in [0.4, 0.5) is 0 Å². The van der Waals surface area contributed by atoms with E-state index in [1.165, 1.54) is 54.9 Å². The first kappa shape index (κ1) is 21.4. The Morgan fingerprint density at radius 2 is 1.36 bits per heavy atom. The molecule has 5 aromatic rings. The van der Waals surface area contributed by atoms with E-state index in [2.05, 4.69) is 137 Å². The maximum Gasteiger partial charge on any atom is 0.119 e. The molecular formula is C34H23BrO. The smallest absolute Gasteiger partial charge is 0.119 e. The largest absolute Gasteiger partial charge is 0.489 e. The van der Waals surface area contributed by atoms with E-state index in [4.69, 9.17) is 4.74 Å². The third-order valence-electron chi connectivity index (χ3n) is 7.32. The highest BCUT2D eigenvalue weighted by atomic mass is 79.9. The van der Waals surface area contributed by atoms with Crippen LogP contribution in [0.5, 0.6) is 5.75 Å². The van der Waals surface area contributed by atoms with E-state index in [-0.39, 0.29) is 5.92 Å². The zero-order valence-electron chi connectivity index (χ0n) is 19.6. The molecule has 7 rings (SSSR count). The number of hydrogen-bond acceptors (Lipinski definition) is 1. The molecule has 0 saturated heterocycles. The van der Waals surface area contributed by atoms with Crippen LogP contribution >= 0.6 is 15.9 Å². The summed E-state index contributed by atoms with van der Waals surface area (Å²) in [5, 5.41) is 2.61. The van der Waals surface area contributed by atoms with Gasteiger partial charge in [0, 0.05) is 10.4 Å². The minimum atomic E-state index is 0.226. The fourth-order valence-corrected chi connectivity index (χ4v) is 5.66. The second-order valence-electron chi connectivity index (χ2n) is 9.48. The molecular weight excluding hydrogens is 504 g/mol. The number of fused-ring (bicyclic) bond motifs is 4. The van der Waals surface area contributed by atoms with Gasteiger partial charge in [-0.25, -0.2) is 0 Å². The molecule has 0 fully saturated rings. The van der Waals surface area contributed by atoms with Crippen molar-refractivity contribution in [3.05, 3.63) is 146 Å². The lowest BCUT2D eigenvalue weighted by molar-refractivity contribution is 0.306. The molecule has 0 aliphatic heterocycles. The van der Waals surface area contributed by atoms with Gasteiger partial charge in [0.05, 0.1) is 0 Å². The third-order valence-corrected chi connectivity index (χ3v) is 7.85. The minimum absolute atomic E-state index is 0.226. The van der Waals surface area contributed by atoms with Gasteiger partial charge >= 0.3 is 0 Å². The van der Waals surface area contributed by atoms with Crippen molar-refractivity contribution in [2.24, 2.45) is 0 Å². The van der Waals surface area contributed by atoms with Crippen LogP contribution in [0.15, 0.2) is 114 Å². The van der Waals surface area contributed by atoms with Gasteiger partial charge in [-0.1, -0.05) is 101 Å². The molecule has 0 radical (unpaired) electrons. The van der Waals surface area contributed by atoms with Gasteiger partial charge in [-0.05, 0) is 91.3 Å². The summed E-state index contributed by atoms with van der Waals surface area (Å²) >= 11 is 3.55. The predicted molar refractivity (Wildman–Crippen MR) is 151 cm³/mol. The van der Waals surface area contributed by atoms with E-state index in [9.17, 15) is 0 Å². The Bertz CT molecular complexity index is 1730. The van der Waals surface area contributed by atoms with Crippen LogP contribution in [0.3, 0.4) is 0 Å². The van der Waals surface area contributed by atoms with Gasteiger partial charge in [-0.3, -0.25) is 0 Å². The zero-order valence-corrected chi connectivity index (χ0v) is 21.2. The maximum absolute atomic E-state index is 6.11. The molecule has 0 saturated carbocycles. The van der Waals surface area contributed by atoms with Crippen LogP contribution in [0, 0.1) is 0 Å². The Morgan fingerprint density at radius 1 is 0.611 bits per heavy atom. The van der Waals surface area contributed by atoms with Crippen LogP contribution in [-0.4, -0.2) is 0 Å². The standard InChI is InChI=1S/C34H23BrO/c35-28-14-9-24(10-15-28)27-13-18-32-33(20-27)30-3-1-2-4-31(30)34(32)25-11-16-29(17-12-25)36-21-22-5-6-23-7-8-26(23)19-22/h1-20,34H,21H2. The van der Waals surface area contributed by atoms with E-state index in [1.54, 1.807) is 0 Å². The van der Waals surface area contributed by atoms with Crippen LogP contribution in [0.2, 0.25) is 0 Å². The first-order valence-electron chi connectivity index (χ1n) is 12.3. The lowest BCUT2D eigenvalue weighted by Crippen LogP contribution is -2.30. The molecule has 0 bridgehead atoms. The number of benzene rings is 5. The fourth-order valence-electron chi connectivity index (χ4n) is 5.40. The molecule has 5 aromatic carbocycles. The molecule has 0 amide bonds. The summed E-state index contributed by atoms with van der Waals surface area (Å²) in [7, 11) is 0. The molecule has 0 spiro atoms. The van der Waals surface area contributed by atoms with Gasteiger partial charge in [0.2, 0.25) is 0 Å². The van der Waals surface area contributed by atoms with Crippen LogP contribution in [0.25, 0.3) is 34.4 Å². The van der Waals surface area contributed by atoms with Crippen molar-refractivity contribution < 1.29 is 4.74 Å². The van der Waals surface area contributed by atoms with Crippen molar-refractivity contribution >= 4 is 28.1 Å². The lowest BCUT2D eigenvalue weighted by atomic mass is 9.89. The van der Waals surface area contributed by atoms with Crippen molar-refractivity contribution in [2.45, 2.75) is 12.5 Å². The van der Waals surface area contributed by atoms with Gasteiger partial charge < -0.3 is 4.74 Å². The Kier molecular flexibility index (Phi) is 5.15. The SMILES string of the molecule is Brc1ccc(-c2ccc3c(c2)-c2ccccc2C3c2ccc(OCc3ccc4c(c3)=CC=4)cc2)cc1. The maximum atomic E-state index is 6.11. The molecule has 172 valence electrons. The minimum Gasteiger partial charge on any atom is -0.489 e. The highest BCUT2D eigenvalue weighted by Crippen LogP contribution is 2.49. The van der Waals surface area contributed by atoms with Crippen LogP contribution < -0.4 is 15.2 Å². The molecule has 1 unspecified atom stereocenters. The van der Waals surface area contributed by atoms with Gasteiger partial charge in [0.15, 0.2) is 0 Å². The van der Waals surface area contributed by atoms with E-state index < -0.39 is 0 Å². The monoisotopic (exact) mass is 526 g/mol. The van der Waals surface area contributed by atoms with Crippen molar-refractivity contribution in [2.75, 3.05) is 0 Å². The Morgan fingerprint density at radius 3 is 2.14 bits per heavy atom. The van der Waals surface area contributed by atoms with E-state index in [0.717, 1.165) is 10.2 Å². The Labute approximate surface area is 219 Å². The highest BCUT2D eigenvalue weighted by Gasteiger charge is 2.29. The second-order valence-corrected chi connectivity index (χ2v) is 10.4. The van der Waals surface area contributed by atoms with E-state index >= 15 is 0 Å². The predicted octanol–water partition coefficient (Wildman–Crippen LogP) is 7.43. The van der Waals surface area contributed by atoms with Crippen molar-refractivity contribution in [1.82, 2.24) is 0 Å². The average Bonchev–Trinajstić information content (AvgIpc) is 3.23. The van der Waals surface area contributed by atoms with Crippen molar-refractivity contribution in [3.8, 4) is 28.0 Å². The molecule has 36 heavy (non-hydrogen) atoms. The van der Waals surface area contributed by atoms with Crippen LogP contribution in [-0.2, 0) is 6.61 Å². The topological polar surface area (TPSA) is 9.23 Å². The van der Waals surface area contributed by atoms with Gasteiger partial charge in [-0.15, -0.1) is 0 Å². The summed E-state index contributed by atoms with van der Waals surface area (Å²) in [6.45, 7) is 0.578. The molecule has 0 N–H and O–H groups in total. The lowest BCUT2D eigenvalue weighted by Gasteiger charge is -2.16. The number of hydrogen-bond donors (Lipinski definition) is 0. The highest BCUT2D eigenvalue weighted by molar-refractivity contribution is 9.10. The molecule has 2 aliphatic carbocycles. The quantitative estimate of drug-likeness (QED) is 0.227. The number of halogens is 1. The second kappa shape index (κ2) is 8.65. The van der Waals surface area contributed by atoms with Gasteiger partial charge in [0.1, 0.15) is 12.4 Å². The number of rotatable bonds is 5. The average molecular weight is 527 g/mol. The third kappa shape index (κ3) is 3.70. The molecule has 0 heterocycles. The summed E-state index contributed by atoms with van der Waals surface area (Å²) in [5.41, 5.74) is 10.3. The molecule has 1 atom stereocenters. The molecule has 1 nitrogen and oxygen atoms in total. The normalized spacial score (nSPS) is 14.5. The van der Waals surface area contributed by atoms with Gasteiger partial charge in [0.25, 0.3) is 0 Å². The summed E-state index contributed by atoms with van der Waals surface area (Å²) in [6, 6.07) is 39.4. The summed E-state index contributed by atoms with van der Waals surface area (Å²) < 4.78 is 7.21. The van der Waals surface area contributed by atoms with Crippen molar-refractivity contribution in [3.63, 3.8) is 0 Å². The first-order chi connectivity index (χ1) is 17.7. The zero-order chi connectivity index (χ0) is 24.1. The molecule has 2 heteroatoms. The molecule has 2 aliphatic rings. The fraction of sp³-hybridized carbons (Fsp3) is 0.0588. The van der Waals surface area contributed by atoms with E-state index in [0.29, 0.717) is 6.61 Å². The Balaban J connectivity index is 1.19. The first-order valence-corrected chi connectivity index (χ1v) is 13.1. The van der Waals surface area contributed by atoms with E-state index in [1.807, 2.05) is 0 Å². The van der Waals surface area contributed by atoms with Crippen molar-refractivity contribution in [1.29, 1.82) is 0 Å².